The van der Waals surface area contributed by atoms with Crippen LogP contribution in [-0.2, 0) is 17.6 Å². The van der Waals surface area contributed by atoms with Crippen LogP contribution in [0.1, 0.15) is 36.3 Å². The molecule has 2 aliphatic rings. The average Bonchev–Trinajstić information content (AvgIpc) is 3.09. The molecule has 2 N–H and O–H groups in total. The molecule has 1 aromatic carbocycles. The molecular formula is C21H26FN3O3S. The molecule has 1 aliphatic heterocycles. The highest BCUT2D eigenvalue weighted by Crippen LogP contribution is 2.29. The van der Waals surface area contributed by atoms with E-state index in [-0.39, 0.29) is 24.9 Å². The summed E-state index contributed by atoms with van der Waals surface area (Å²) in [5.41, 5.74) is 0.0922. The quantitative estimate of drug-likeness (QED) is 0.753. The number of piperidine rings is 1. The van der Waals surface area contributed by atoms with Crippen molar-refractivity contribution in [2.75, 3.05) is 31.6 Å². The van der Waals surface area contributed by atoms with E-state index >= 15 is 0 Å². The first kappa shape index (κ1) is 20.3. The van der Waals surface area contributed by atoms with E-state index in [0.717, 1.165) is 37.9 Å². The molecule has 1 unspecified atom stereocenters. The van der Waals surface area contributed by atoms with Crippen LogP contribution in [0.25, 0.3) is 0 Å². The van der Waals surface area contributed by atoms with Gasteiger partial charge in [0.1, 0.15) is 23.8 Å². The molecule has 156 valence electrons. The molecule has 29 heavy (non-hydrogen) atoms. The van der Waals surface area contributed by atoms with Crippen molar-refractivity contribution in [3.05, 3.63) is 40.7 Å². The van der Waals surface area contributed by atoms with Crippen molar-refractivity contribution in [3.63, 3.8) is 0 Å². The Balaban J connectivity index is 1.28. The fourth-order valence-electron chi connectivity index (χ4n) is 3.97. The second-order valence-corrected chi connectivity index (χ2v) is 9.01. The van der Waals surface area contributed by atoms with Crippen molar-refractivity contribution < 1.29 is 19.0 Å². The number of fused-ring (bicyclic) bond motifs is 1. The van der Waals surface area contributed by atoms with Gasteiger partial charge in [0.05, 0.1) is 12.2 Å². The molecule has 8 heteroatoms. The molecule has 4 rings (SSSR count). The van der Waals surface area contributed by atoms with E-state index < -0.39 is 5.60 Å². The Hall–Kier alpha value is -2.03. The van der Waals surface area contributed by atoms with E-state index in [1.54, 1.807) is 23.5 Å². The van der Waals surface area contributed by atoms with Crippen molar-refractivity contribution in [1.82, 2.24) is 9.88 Å². The Morgan fingerprint density at radius 2 is 2.07 bits per heavy atom. The number of halogens is 1. The maximum atomic E-state index is 13.0. The Bertz CT molecular complexity index is 834. The SMILES string of the molecule is O=C(CN1CCCC(O)(COc2ccc(F)cc2)C1)Nc1nc2c(s1)CCCC2. The summed E-state index contributed by atoms with van der Waals surface area (Å²) in [4.78, 5) is 20.3. The van der Waals surface area contributed by atoms with E-state index in [1.807, 2.05) is 4.90 Å². The zero-order chi connectivity index (χ0) is 20.3. The number of carbonyl (C=O) groups is 1. The highest BCUT2D eigenvalue weighted by molar-refractivity contribution is 7.15. The third kappa shape index (κ3) is 5.32. The predicted molar refractivity (Wildman–Crippen MR) is 110 cm³/mol. The largest absolute Gasteiger partial charge is 0.491 e. The second-order valence-electron chi connectivity index (χ2n) is 7.93. The summed E-state index contributed by atoms with van der Waals surface area (Å²) in [5, 5.41) is 14.5. The van der Waals surface area contributed by atoms with Crippen LogP contribution in [0.4, 0.5) is 9.52 Å². The van der Waals surface area contributed by atoms with Gasteiger partial charge in [-0.15, -0.1) is 11.3 Å². The number of amides is 1. The van der Waals surface area contributed by atoms with Crippen LogP contribution in [0.2, 0.25) is 0 Å². The summed E-state index contributed by atoms with van der Waals surface area (Å²) in [6.45, 7) is 1.43. The number of carbonyl (C=O) groups excluding carboxylic acids is 1. The minimum Gasteiger partial charge on any atom is -0.491 e. The number of anilines is 1. The lowest BCUT2D eigenvalue weighted by Gasteiger charge is -2.38. The van der Waals surface area contributed by atoms with Gasteiger partial charge in [0, 0.05) is 11.4 Å². The lowest BCUT2D eigenvalue weighted by molar-refractivity contribution is -0.119. The van der Waals surface area contributed by atoms with Crippen LogP contribution >= 0.6 is 11.3 Å². The van der Waals surface area contributed by atoms with Gasteiger partial charge in [-0.1, -0.05) is 0 Å². The van der Waals surface area contributed by atoms with Gasteiger partial charge < -0.3 is 15.2 Å². The van der Waals surface area contributed by atoms with Gasteiger partial charge in [-0.3, -0.25) is 9.69 Å². The van der Waals surface area contributed by atoms with Gasteiger partial charge in [-0.25, -0.2) is 9.37 Å². The topological polar surface area (TPSA) is 74.7 Å². The van der Waals surface area contributed by atoms with Crippen LogP contribution in [0.3, 0.4) is 0 Å². The summed E-state index contributed by atoms with van der Waals surface area (Å²) in [6, 6.07) is 5.74. The number of thiazole rings is 1. The Morgan fingerprint density at radius 1 is 1.28 bits per heavy atom. The Kier molecular flexibility index (Phi) is 6.12. The molecule has 0 bridgehead atoms. The molecule has 2 aromatic rings. The van der Waals surface area contributed by atoms with Gasteiger partial charge >= 0.3 is 0 Å². The monoisotopic (exact) mass is 419 g/mol. The number of hydrogen-bond acceptors (Lipinski definition) is 6. The van der Waals surface area contributed by atoms with E-state index in [9.17, 15) is 14.3 Å². The lowest BCUT2D eigenvalue weighted by Crippen LogP contribution is -2.53. The maximum Gasteiger partial charge on any atom is 0.240 e. The van der Waals surface area contributed by atoms with Crippen LogP contribution < -0.4 is 10.1 Å². The zero-order valence-electron chi connectivity index (χ0n) is 16.3. The average molecular weight is 420 g/mol. The number of β-amino-alcohol motifs (C(OH)–C–C–N with tert-alkyl or cyclic N) is 1. The first-order valence-corrected chi connectivity index (χ1v) is 10.9. The van der Waals surface area contributed by atoms with Crippen LogP contribution in [-0.4, -0.2) is 52.7 Å². The summed E-state index contributed by atoms with van der Waals surface area (Å²) in [6.07, 6.45) is 5.78. The Labute approximate surface area is 173 Å². The molecule has 1 amide bonds. The highest BCUT2D eigenvalue weighted by atomic mass is 32.1. The lowest BCUT2D eigenvalue weighted by atomic mass is 9.93. The molecule has 0 saturated carbocycles. The number of nitrogens with one attached hydrogen (secondary N) is 1. The standard InChI is InChI=1S/C21H26FN3O3S/c22-15-6-8-16(9-7-15)28-14-21(27)10-3-11-25(13-21)12-19(26)24-20-23-17-4-1-2-5-18(17)29-20/h6-9,27H,1-5,10-14H2,(H,23,24,26). The number of hydrogen-bond donors (Lipinski definition) is 2. The second kappa shape index (κ2) is 8.77. The number of benzene rings is 1. The van der Waals surface area contributed by atoms with E-state index in [0.29, 0.717) is 23.8 Å². The normalized spacial score (nSPS) is 22.1. The molecule has 1 saturated heterocycles. The molecular weight excluding hydrogens is 393 g/mol. The molecule has 2 heterocycles. The number of nitrogens with zero attached hydrogens (tertiary/aromatic N) is 2. The molecule has 1 aromatic heterocycles. The summed E-state index contributed by atoms with van der Waals surface area (Å²) >= 11 is 1.57. The summed E-state index contributed by atoms with van der Waals surface area (Å²) in [5.74, 6) is 0.0780. The smallest absolute Gasteiger partial charge is 0.240 e. The zero-order valence-corrected chi connectivity index (χ0v) is 17.1. The van der Waals surface area contributed by atoms with Gasteiger partial charge in [-0.2, -0.15) is 0 Å². The van der Waals surface area contributed by atoms with Gasteiger partial charge in [0.2, 0.25) is 5.91 Å². The summed E-state index contributed by atoms with van der Waals surface area (Å²) in [7, 11) is 0. The Morgan fingerprint density at radius 3 is 2.86 bits per heavy atom. The molecule has 1 fully saturated rings. The number of ether oxygens (including phenoxy) is 1. The van der Waals surface area contributed by atoms with Gasteiger partial charge in [0.15, 0.2) is 5.13 Å². The van der Waals surface area contributed by atoms with Crippen molar-refractivity contribution >= 4 is 22.4 Å². The van der Waals surface area contributed by atoms with E-state index in [1.165, 1.54) is 23.4 Å². The third-order valence-corrected chi connectivity index (χ3v) is 6.49. The van der Waals surface area contributed by atoms with Gasteiger partial charge in [0.25, 0.3) is 0 Å². The minimum absolute atomic E-state index is 0.107. The van der Waals surface area contributed by atoms with Crippen molar-refractivity contribution in [2.24, 2.45) is 0 Å². The van der Waals surface area contributed by atoms with Crippen molar-refractivity contribution in [3.8, 4) is 5.75 Å². The van der Waals surface area contributed by atoms with Gasteiger partial charge in [-0.05, 0) is 69.3 Å². The first-order chi connectivity index (χ1) is 14.0. The van der Waals surface area contributed by atoms with Crippen LogP contribution in [0, 0.1) is 5.82 Å². The van der Waals surface area contributed by atoms with Crippen molar-refractivity contribution in [2.45, 2.75) is 44.1 Å². The highest BCUT2D eigenvalue weighted by Gasteiger charge is 2.35. The first-order valence-electron chi connectivity index (χ1n) is 10.1. The third-order valence-electron chi connectivity index (χ3n) is 5.41. The number of aromatic nitrogens is 1. The number of aliphatic hydroxyl groups is 1. The molecule has 1 aliphatic carbocycles. The predicted octanol–water partition coefficient (Wildman–Crippen LogP) is 3.01. The van der Waals surface area contributed by atoms with Crippen molar-refractivity contribution in [1.29, 1.82) is 0 Å². The molecule has 0 spiro atoms. The molecule has 0 radical (unpaired) electrons. The number of rotatable bonds is 6. The summed E-state index contributed by atoms with van der Waals surface area (Å²) < 4.78 is 18.6. The maximum absolute atomic E-state index is 13.0. The minimum atomic E-state index is -1.03. The fraction of sp³-hybridized carbons (Fsp3) is 0.524. The number of aryl methyl sites for hydroxylation is 2. The fourth-order valence-corrected chi connectivity index (χ4v) is 5.04. The molecule has 6 nitrogen and oxygen atoms in total. The number of likely N-dealkylation sites (tertiary alicyclic amines) is 1. The van der Waals surface area contributed by atoms with Crippen LogP contribution in [0.15, 0.2) is 24.3 Å². The van der Waals surface area contributed by atoms with E-state index in [2.05, 4.69) is 10.3 Å². The molecule has 1 atom stereocenters. The van der Waals surface area contributed by atoms with E-state index in [4.69, 9.17) is 4.74 Å². The van der Waals surface area contributed by atoms with Crippen LogP contribution in [0.5, 0.6) is 5.75 Å².